The molecule has 0 saturated carbocycles. The molecule has 1 rings (SSSR count). The molecule has 6 nitrogen and oxygen atoms in total. The Morgan fingerprint density at radius 1 is 1.83 bits per heavy atom. The van der Waals surface area contributed by atoms with Crippen molar-refractivity contribution in [2.75, 3.05) is 6.73 Å². The summed E-state index contributed by atoms with van der Waals surface area (Å²) in [5.41, 5.74) is 9.04. The molecule has 68 valence electrons. The molecular formula is C5H9N2O4P. The van der Waals surface area contributed by atoms with Crippen molar-refractivity contribution in [2.24, 2.45) is 0 Å². The maximum absolute atomic E-state index is 10.7. The molecule has 2 unspecified atom stereocenters. The van der Waals surface area contributed by atoms with Crippen LogP contribution in [0.1, 0.15) is 13.3 Å². The van der Waals surface area contributed by atoms with E-state index < -0.39 is 14.5 Å². The lowest BCUT2D eigenvalue weighted by atomic mass is 10.3. The topological polar surface area (TPSA) is 77.9 Å². The predicted octanol–water partition coefficient (Wildman–Crippen LogP) is 0.720. The third kappa shape index (κ3) is 2.48. The van der Waals surface area contributed by atoms with Crippen molar-refractivity contribution in [1.29, 1.82) is 0 Å². The third-order valence-corrected chi connectivity index (χ3v) is 2.17. The quantitative estimate of drug-likeness (QED) is 0.477. The summed E-state index contributed by atoms with van der Waals surface area (Å²) in [4.78, 5) is 10.6. The van der Waals surface area contributed by atoms with Gasteiger partial charge in [-0.25, -0.2) is 9.05 Å². The van der Waals surface area contributed by atoms with E-state index in [0.29, 0.717) is 4.70 Å². The highest BCUT2D eigenvalue weighted by Crippen LogP contribution is 2.31. The van der Waals surface area contributed by atoms with E-state index in [1.54, 1.807) is 0 Å². The molecule has 0 aromatic carbocycles. The van der Waals surface area contributed by atoms with Gasteiger partial charge in [-0.3, -0.25) is 14.1 Å². The summed E-state index contributed by atoms with van der Waals surface area (Å²) in [7, 11) is -2.52. The number of rotatable bonds is 2. The van der Waals surface area contributed by atoms with E-state index in [1.165, 1.54) is 6.92 Å². The molecule has 12 heavy (non-hydrogen) atoms. The second-order valence-electron chi connectivity index (χ2n) is 2.44. The van der Waals surface area contributed by atoms with Crippen LogP contribution in [-0.2, 0) is 18.4 Å². The molecule has 0 amide bonds. The second kappa shape index (κ2) is 3.89. The van der Waals surface area contributed by atoms with Crippen LogP contribution in [0.15, 0.2) is 0 Å². The lowest BCUT2D eigenvalue weighted by molar-refractivity contribution is -0.654. The van der Waals surface area contributed by atoms with Crippen molar-refractivity contribution in [1.82, 2.24) is 0 Å². The molecule has 0 aromatic rings. The number of carbonyl (C=O) groups is 1. The summed E-state index contributed by atoms with van der Waals surface area (Å²) in [6.07, 6.45) is -0.821. The Labute approximate surface area is 69.9 Å². The number of Topliss-reactive ketones (excluding diaryl/α,β-unsaturated/α-hetero) is 1. The smallest absolute Gasteiger partial charge is 0.329 e. The van der Waals surface area contributed by atoms with Crippen LogP contribution < -0.4 is 0 Å². The van der Waals surface area contributed by atoms with E-state index in [9.17, 15) is 9.36 Å². The van der Waals surface area contributed by atoms with Gasteiger partial charge in [0.1, 0.15) is 5.78 Å². The van der Waals surface area contributed by atoms with Crippen LogP contribution in [0.5, 0.6) is 0 Å². The highest BCUT2D eigenvalue weighted by Gasteiger charge is 2.27. The van der Waals surface area contributed by atoms with Crippen molar-refractivity contribution >= 4 is 14.0 Å². The summed E-state index contributed by atoms with van der Waals surface area (Å²) in [6.45, 7) is 1.18. The van der Waals surface area contributed by atoms with Gasteiger partial charge in [0.25, 0.3) is 6.23 Å². The van der Waals surface area contributed by atoms with Crippen LogP contribution in [0.4, 0.5) is 0 Å². The minimum atomic E-state index is -2.52. The van der Waals surface area contributed by atoms with Crippen molar-refractivity contribution in [3.63, 3.8) is 0 Å². The Morgan fingerprint density at radius 3 is 3.08 bits per heavy atom. The molecule has 0 N–H and O–H groups in total. The lowest BCUT2D eigenvalue weighted by Crippen LogP contribution is -2.31. The van der Waals surface area contributed by atoms with E-state index in [-0.39, 0.29) is 18.9 Å². The summed E-state index contributed by atoms with van der Waals surface area (Å²) in [5, 5.41) is 0. The first-order valence-electron chi connectivity index (χ1n) is 3.38. The van der Waals surface area contributed by atoms with Crippen LogP contribution in [0.25, 0.3) is 5.53 Å². The van der Waals surface area contributed by atoms with Gasteiger partial charge in [0.2, 0.25) is 6.73 Å². The van der Waals surface area contributed by atoms with Gasteiger partial charge in [0.05, 0.1) is 6.42 Å². The summed E-state index contributed by atoms with van der Waals surface area (Å²) in [6, 6.07) is 0. The fourth-order valence-electron chi connectivity index (χ4n) is 0.801. The van der Waals surface area contributed by atoms with Gasteiger partial charge in [0.15, 0.2) is 0 Å². The van der Waals surface area contributed by atoms with Crippen molar-refractivity contribution in [2.45, 2.75) is 19.6 Å². The average Bonchev–Trinajstić information content (AvgIpc) is 1.96. The predicted molar refractivity (Wildman–Crippen MR) is 38.7 cm³/mol. The first-order valence-corrected chi connectivity index (χ1v) is 4.60. The number of nitrogens with zero attached hydrogens (tertiary/aromatic N) is 2. The summed E-state index contributed by atoms with van der Waals surface area (Å²) < 4.78 is 20.6. The van der Waals surface area contributed by atoms with Gasteiger partial charge in [-0.1, -0.05) is 0 Å². The maximum atomic E-state index is 10.7. The number of hydrogen-bond donors (Lipinski definition) is 0. The van der Waals surface area contributed by atoms with E-state index >= 15 is 0 Å². The van der Waals surface area contributed by atoms with E-state index in [2.05, 4.69) is 9.05 Å². The molecule has 7 heteroatoms. The average molecular weight is 192 g/mol. The van der Waals surface area contributed by atoms with Gasteiger partial charge in [-0.15, -0.1) is 0 Å². The Balaban J connectivity index is 2.55. The number of hydrogen-bond acceptors (Lipinski definition) is 4. The van der Waals surface area contributed by atoms with Crippen LogP contribution in [0, 0.1) is 0 Å². The zero-order valence-electron chi connectivity index (χ0n) is 6.52. The van der Waals surface area contributed by atoms with Gasteiger partial charge >= 0.3 is 8.25 Å². The molecule has 1 aliphatic heterocycles. The molecule has 1 fully saturated rings. The van der Waals surface area contributed by atoms with Crippen LogP contribution >= 0.6 is 8.25 Å². The van der Waals surface area contributed by atoms with E-state index in [0.717, 1.165) is 0 Å². The van der Waals surface area contributed by atoms with Gasteiger partial charge < -0.3 is 5.53 Å². The SMILES string of the molecule is CC(=O)CC1O[PH](=O)OC[N+]1=[N-]. The first kappa shape index (κ1) is 9.51. The third-order valence-electron chi connectivity index (χ3n) is 1.34. The summed E-state index contributed by atoms with van der Waals surface area (Å²) in [5.74, 6) is -0.143. The van der Waals surface area contributed by atoms with Crippen molar-refractivity contribution in [3.8, 4) is 0 Å². The zero-order valence-corrected chi connectivity index (χ0v) is 7.52. The van der Waals surface area contributed by atoms with Gasteiger partial charge in [0, 0.05) is 0 Å². The van der Waals surface area contributed by atoms with Crippen LogP contribution in [0.2, 0.25) is 0 Å². The number of carbonyl (C=O) groups excluding carboxylic acids is 1. The van der Waals surface area contributed by atoms with Gasteiger partial charge in [-0.2, -0.15) is 0 Å². The maximum Gasteiger partial charge on any atom is 0.329 e. The Hall–Kier alpha value is -0.580. The van der Waals surface area contributed by atoms with Crippen LogP contribution in [0.3, 0.4) is 0 Å². The minimum Gasteiger partial charge on any atom is -0.502 e. The Bertz CT molecular complexity index is 240. The first-order chi connectivity index (χ1) is 5.59. The molecule has 1 heterocycles. The van der Waals surface area contributed by atoms with E-state index in [1.807, 2.05) is 0 Å². The molecule has 0 radical (unpaired) electrons. The molecule has 0 bridgehead atoms. The van der Waals surface area contributed by atoms with E-state index in [4.69, 9.17) is 5.53 Å². The molecule has 1 saturated heterocycles. The highest BCUT2D eigenvalue weighted by atomic mass is 31.1. The molecule has 2 atom stereocenters. The second-order valence-corrected chi connectivity index (χ2v) is 3.47. The normalized spacial score (nSPS) is 30.2. The minimum absolute atomic E-state index is 0.0102. The monoisotopic (exact) mass is 192 g/mol. The Kier molecular flexibility index (Phi) is 3.08. The lowest BCUT2D eigenvalue weighted by Gasteiger charge is -2.21. The molecule has 0 aliphatic carbocycles. The standard InChI is InChI=1S/C5H9N2O4P/c1-4(8)2-5-7(6)3-10-12(9)11-5/h5,12H,2-3H2,1H3. The zero-order chi connectivity index (χ0) is 9.14. The molecule has 0 spiro atoms. The number of ketones is 1. The summed E-state index contributed by atoms with van der Waals surface area (Å²) >= 11 is 0. The van der Waals surface area contributed by atoms with Gasteiger partial charge in [-0.05, 0) is 6.92 Å². The molecule has 0 aromatic heterocycles. The highest BCUT2D eigenvalue weighted by molar-refractivity contribution is 7.33. The fraction of sp³-hybridized carbons (Fsp3) is 0.800. The molecule has 1 aliphatic rings. The van der Waals surface area contributed by atoms with Crippen LogP contribution in [-0.4, -0.2) is 23.4 Å². The largest absolute Gasteiger partial charge is 0.502 e. The van der Waals surface area contributed by atoms with Crippen molar-refractivity contribution < 1.29 is 23.1 Å². The Morgan fingerprint density at radius 2 is 2.50 bits per heavy atom. The molecular weight excluding hydrogens is 183 g/mol. The fourth-order valence-corrected chi connectivity index (χ4v) is 1.53. The van der Waals surface area contributed by atoms with Crippen molar-refractivity contribution in [3.05, 3.63) is 5.53 Å².